The Kier molecular flexibility index (Phi) is 11.6. The van der Waals surface area contributed by atoms with Crippen LogP contribution in [0.1, 0.15) is 41.6 Å². The number of H-pyrrole nitrogens is 1. The number of aromatic amines is 1. The minimum atomic E-state index is -0.202. The smallest absolute Gasteiger partial charge is 0.251 e. The van der Waals surface area contributed by atoms with Crippen molar-refractivity contribution in [3.8, 4) is 11.3 Å². The Labute approximate surface area is 302 Å². The number of hydrogen-bond donors (Lipinski definition) is 5. The summed E-state index contributed by atoms with van der Waals surface area (Å²) in [6.45, 7) is 6.21. The van der Waals surface area contributed by atoms with E-state index in [2.05, 4.69) is 54.3 Å². The lowest BCUT2D eigenvalue weighted by Gasteiger charge is -2.30. The topological polar surface area (TPSA) is 146 Å². The lowest BCUT2D eigenvalue weighted by atomic mass is 9.91. The van der Waals surface area contributed by atoms with Gasteiger partial charge in [0.25, 0.3) is 5.91 Å². The summed E-state index contributed by atoms with van der Waals surface area (Å²) in [7, 11) is 0. The number of morpholine rings is 2. The van der Waals surface area contributed by atoms with E-state index < -0.39 is 0 Å². The predicted molar refractivity (Wildman–Crippen MR) is 199 cm³/mol. The summed E-state index contributed by atoms with van der Waals surface area (Å²) >= 11 is 6.68. The number of benzene rings is 2. The number of aromatic nitrogens is 3. The molecule has 2 aromatic heterocycles. The van der Waals surface area contributed by atoms with Gasteiger partial charge in [-0.15, -0.1) is 0 Å². The van der Waals surface area contributed by atoms with Gasteiger partial charge >= 0.3 is 0 Å². The summed E-state index contributed by atoms with van der Waals surface area (Å²) in [6.07, 6.45) is 11.4. The van der Waals surface area contributed by atoms with Crippen LogP contribution < -0.4 is 21.3 Å². The summed E-state index contributed by atoms with van der Waals surface area (Å²) in [5, 5.41) is 14.6. The van der Waals surface area contributed by atoms with Crippen LogP contribution in [0.5, 0.6) is 0 Å². The van der Waals surface area contributed by atoms with Crippen LogP contribution in [-0.2, 0) is 20.7 Å². The van der Waals surface area contributed by atoms with Crippen molar-refractivity contribution < 1.29 is 19.1 Å². The normalized spacial score (nSPS) is 21.5. The summed E-state index contributed by atoms with van der Waals surface area (Å²) in [4.78, 5) is 40.6. The molecule has 268 valence electrons. The number of fused-ring (bicyclic) bond motifs is 1. The number of para-hydroxylation sites is 1. The molecule has 3 atom stereocenters. The lowest BCUT2D eigenvalue weighted by molar-refractivity contribution is -0.111. The highest BCUT2D eigenvalue weighted by Crippen LogP contribution is 2.34. The molecule has 3 fully saturated rings. The highest BCUT2D eigenvalue weighted by Gasteiger charge is 2.25. The summed E-state index contributed by atoms with van der Waals surface area (Å²) in [6, 6.07) is 13.6. The van der Waals surface area contributed by atoms with Gasteiger partial charge in [0.1, 0.15) is 0 Å². The van der Waals surface area contributed by atoms with Crippen LogP contribution in [-0.4, -0.2) is 102 Å². The Morgan fingerprint density at radius 3 is 2.71 bits per heavy atom. The van der Waals surface area contributed by atoms with Gasteiger partial charge in [-0.3, -0.25) is 14.5 Å². The molecule has 4 aromatic rings. The van der Waals surface area contributed by atoms with Crippen molar-refractivity contribution in [3.05, 3.63) is 83.2 Å². The predicted octanol–water partition coefficient (Wildman–Crippen LogP) is 4.79. The largest absolute Gasteiger partial charge is 0.379 e. The molecule has 13 heteroatoms. The molecule has 3 aliphatic rings. The first-order valence-electron chi connectivity index (χ1n) is 17.9. The van der Waals surface area contributed by atoms with Crippen molar-refractivity contribution in [1.29, 1.82) is 0 Å². The SMILES string of the molecule is O=C(/C=C/CN1CCOCC1)Nc1ccc(C(=O)N[C@H]2CCC[C@@H](Nc3ncc(Cl)c(-c4c[nH]c5c(CC6COCCN6)cccc45)n3)C2)cc1. The maximum absolute atomic E-state index is 13.2. The number of carbonyl (C=O) groups is 2. The van der Waals surface area contributed by atoms with Gasteiger partial charge in [-0.2, -0.15) is 0 Å². The second kappa shape index (κ2) is 16.8. The van der Waals surface area contributed by atoms with Gasteiger partial charge in [0, 0.05) is 84.3 Å². The van der Waals surface area contributed by atoms with E-state index in [1.807, 2.05) is 12.3 Å². The average Bonchev–Trinajstić information content (AvgIpc) is 3.59. The van der Waals surface area contributed by atoms with Crippen LogP contribution in [0.15, 0.2) is 67.0 Å². The molecule has 5 N–H and O–H groups in total. The molecular formula is C38H45ClN8O4. The van der Waals surface area contributed by atoms with Crippen molar-refractivity contribution in [2.24, 2.45) is 0 Å². The van der Waals surface area contributed by atoms with E-state index >= 15 is 0 Å². The number of nitrogens with zero attached hydrogens (tertiary/aromatic N) is 3. The third-order valence-corrected chi connectivity index (χ3v) is 10.0. The Morgan fingerprint density at radius 2 is 1.88 bits per heavy atom. The summed E-state index contributed by atoms with van der Waals surface area (Å²) in [5.41, 5.74) is 5.06. The fraction of sp³-hybridized carbons (Fsp3) is 0.421. The quantitative estimate of drug-likeness (QED) is 0.139. The zero-order valence-electron chi connectivity index (χ0n) is 28.6. The summed E-state index contributed by atoms with van der Waals surface area (Å²) < 4.78 is 11.0. The monoisotopic (exact) mass is 712 g/mol. The molecule has 0 spiro atoms. The van der Waals surface area contributed by atoms with Crippen LogP contribution >= 0.6 is 11.6 Å². The van der Waals surface area contributed by atoms with Crippen molar-refractivity contribution in [3.63, 3.8) is 0 Å². The van der Waals surface area contributed by atoms with Crippen molar-refractivity contribution >= 4 is 46.0 Å². The van der Waals surface area contributed by atoms with E-state index in [1.165, 1.54) is 5.56 Å². The summed E-state index contributed by atoms with van der Waals surface area (Å²) in [5.74, 6) is 0.167. The lowest BCUT2D eigenvalue weighted by Crippen LogP contribution is -2.42. The van der Waals surface area contributed by atoms with E-state index in [0.717, 1.165) is 88.0 Å². The number of amides is 2. The molecule has 7 rings (SSSR count). The highest BCUT2D eigenvalue weighted by atomic mass is 35.5. The number of ether oxygens (including phenoxy) is 2. The van der Waals surface area contributed by atoms with Crippen molar-refractivity contribution in [2.45, 2.75) is 50.2 Å². The zero-order valence-corrected chi connectivity index (χ0v) is 29.4. The Hall–Kier alpha value is -4.33. The first-order valence-corrected chi connectivity index (χ1v) is 18.2. The van der Waals surface area contributed by atoms with Crippen LogP contribution in [0.4, 0.5) is 11.6 Å². The maximum Gasteiger partial charge on any atom is 0.251 e. The van der Waals surface area contributed by atoms with E-state index in [9.17, 15) is 9.59 Å². The molecule has 0 radical (unpaired) electrons. The average molecular weight is 713 g/mol. The maximum atomic E-state index is 13.2. The molecule has 51 heavy (non-hydrogen) atoms. The Morgan fingerprint density at radius 1 is 1.04 bits per heavy atom. The number of carbonyl (C=O) groups excluding carboxylic acids is 2. The molecule has 2 aliphatic heterocycles. The second-order valence-electron chi connectivity index (χ2n) is 13.4. The van der Waals surface area contributed by atoms with E-state index in [4.69, 9.17) is 26.1 Å². The third kappa shape index (κ3) is 9.13. The van der Waals surface area contributed by atoms with E-state index in [0.29, 0.717) is 41.1 Å². The van der Waals surface area contributed by atoms with Gasteiger partial charge in [0.2, 0.25) is 11.9 Å². The molecular weight excluding hydrogens is 668 g/mol. The second-order valence-corrected chi connectivity index (χ2v) is 13.8. The minimum absolute atomic E-state index is 0.00240. The van der Waals surface area contributed by atoms with Gasteiger partial charge in [-0.25, -0.2) is 9.97 Å². The Balaban J connectivity index is 0.932. The number of anilines is 2. The number of hydrogen-bond acceptors (Lipinski definition) is 9. The molecule has 1 unspecified atom stereocenters. The van der Waals surface area contributed by atoms with Crippen molar-refractivity contribution in [2.75, 3.05) is 63.2 Å². The molecule has 1 aliphatic carbocycles. The number of halogens is 1. The van der Waals surface area contributed by atoms with Gasteiger partial charge in [-0.1, -0.05) is 35.9 Å². The molecule has 12 nitrogen and oxygen atoms in total. The number of nitrogens with one attached hydrogen (secondary N) is 5. The molecule has 2 aromatic carbocycles. The minimum Gasteiger partial charge on any atom is -0.379 e. The van der Waals surface area contributed by atoms with Crippen LogP contribution in [0, 0.1) is 0 Å². The van der Waals surface area contributed by atoms with Gasteiger partial charge in [0.05, 0.1) is 43.3 Å². The Bertz CT molecular complexity index is 1840. The molecule has 4 heterocycles. The fourth-order valence-corrected chi connectivity index (χ4v) is 7.30. The van der Waals surface area contributed by atoms with Crippen molar-refractivity contribution in [1.82, 2.24) is 30.5 Å². The van der Waals surface area contributed by atoms with E-state index in [1.54, 1.807) is 36.5 Å². The van der Waals surface area contributed by atoms with Crippen LogP contribution in [0.2, 0.25) is 5.02 Å². The van der Waals surface area contributed by atoms with Gasteiger partial charge in [0.15, 0.2) is 0 Å². The first kappa shape index (κ1) is 35.1. The molecule has 0 bridgehead atoms. The zero-order chi connectivity index (χ0) is 35.0. The third-order valence-electron chi connectivity index (χ3n) is 9.76. The first-order chi connectivity index (χ1) is 25.0. The molecule has 2 saturated heterocycles. The standard InChI is InChI=1S/C38H45ClN8O4/c39-33-23-42-38(46-36(33)32-22-41-35-26(4-1-7-31(32)35)20-30-24-51-17-13-40-30)45-29-6-2-5-28(21-29)44-37(49)25-9-11-27(12-10-25)43-34(48)8-3-14-47-15-18-50-19-16-47/h1,3-4,7-12,22-23,28-30,40-41H,2,5-6,13-21,24H2,(H,43,48)(H,44,49)(H,42,45,46)/b8-3+/t28-,29+,30?/m0/s1. The molecule has 1 saturated carbocycles. The highest BCUT2D eigenvalue weighted by molar-refractivity contribution is 6.33. The number of rotatable bonds is 11. The fourth-order valence-electron chi connectivity index (χ4n) is 7.11. The van der Waals surface area contributed by atoms with Gasteiger partial charge in [-0.05, 0) is 61.9 Å². The van der Waals surface area contributed by atoms with Gasteiger partial charge < -0.3 is 35.7 Å². The van der Waals surface area contributed by atoms with E-state index in [-0.39, 0.29) is 29.9 Å². The molecule has 2 amide bonds. The van der Waals surface area contributed by atoms with Crippen LogP contribution in [0.25, 0.3) is 22.2 Å². The van der Waals surface area contributed by atoms with Crippen LogP contribution in [0.3, 0.4) is 0 Å².